The fourth-order valence-corrected chi connectivity index (χ4v) is 1.19. The average molecular weight is 191 g/mol. The Morgan fingerprint density at radius 1 is 1.71 bits per heavy atom. The van der Waals surface area contributed by atoms with Gasteiger partial charge in [0, 0.05) is 24.4 Å². The Morgan fingerprint density at radius 2 is 2.43 bits per heavy atom. The standard InChI is InChI=1S/C10H13N3O/c1-10(2,7-13-9(14)5-11)8-3-4-12-6-8/h3-4,6,12H,7H2,1-2H3,(H,13,14). The van der Waals surface area contributed by atoms with E-state index in [1.165, 1.54) is 6.07 Å². The maximum atomic E-state index is 10.7. The van der Waals surface area contributed by atoms with Crippen molar-refractivity contribution in [3.8, 4) is 6.07 Å². The van der Waals surface area contributed by atoms with Crippen LogP contribution in [0.2, 0.25) is 0 Å². The number of aromatic nitrogens is 1. The highest BCUT2D eigenvalue weighted by molar-refractivity contribution is 5.91. The second kappa shape index (κ2) is 3.97. The van der Waals surface area contributed by atoms with Gasteiger partial charge in [-0.25, -0.2) is 0 Å². The molecule has 1 aromatic rings. The molecule has 0 aliphatic rings. The first kappa shape index (κ1) is 10.3. The number of nitriles is 1. The Balaban J connectivity index is 2.60. The van der Waals surface area contributed by atoms with Crippen LogP contribution in [0, 0.1) is 11.3 Å². The number of amides is 1. The Morgan fingerprint density at radius 3 is 2.93 bits per heavy atom. The Kier molecular flexibility index (Phi) is 2.92. The van der Waals surface area contributed by atoms with Crippen molar-refractivity contribution in [2.24, 2.45) is 0 Å². The molecule has 74 valence electrons. The van der Waals surface area contributed by atoms with Crippen LogP contribution in [-0.4, -0.2) is 17.4 Å². The van der Waals surface area contributed by atoms with Crippen molar-refractivity contribution in [2.45, 2.75) is 19.3 Å². The quantitative estimate of drug-likeness (QED) is 0.698. The van der Waals surface area contributed by atoms with Crippen molar-refractivity contribution in [3.63, 3.8) is 0 Å². The highest BCUT2D eigenvalue weighted by Crippen LogP contribution is 2.21. The number of hydrogen-bond donors (Lipinski definition) is 2. The van der Waals surface area contributed by atoms with Gasteiger partial charge in [0.2, 0.25) is 0 Å². The minimum atomic E-state index is -0.589. The van der Waals surface area contributed by atoms with Crippen molar-refractivity contribution < 1.29 is 4.79 Å². The zero-order valence-corrected chi connectivity index (χ0v) is 8.29. The topological polar surface area (TPSA) is 68.7 Å². The molecule has 0 fully saturated rings. The van der Waals surface area contributed by atoms with Gasteiger partial charge >= 0.3 is 5.91 Å². The van der Waals surface area contributed by atoms with E-state index < -0.39 is 5.91 Å². The number of H-pyrrole nitrogens is 1. The summed E-state index contributed by atoms with van der Waals surface area (Å²) in [5.41, 5.74) is 0.947. The molecule has 0 unspecified atom stereocenters. The summed E-state index contributed by atoms with van der Waals surface area (Å²) in [7, 11) is 0. The zero-order chi connectivity index (χ0) is 10.6. The van der Waals surface area contributed by atoms with Crippen molar-refractivity contribution in [1.29, 1.82) is 5.26 Å². The van der Waals surface area contributed by atoms with Crippen LogP contribution in [0.1, 0.15) is 19.4 Å². The smallest absolute Gasteiger partial charge is 0.322 e. The van der Waals surface area contributed by atoms with Gasteiger partial charge in [0.25, 0.3) is 0 Å². The third-order valence-corrected chi connectivity index (χ3v) is 2.17. The zero-order valence-electron chi connectivity index (χ0n) is 8.29. The van der Waals surface area contributed by atoms with Crippen LogP contribution in [0.25, 0.3) is 0 Å². The van der Waals surface area contributed by atoms with Crippen LogP contribution in [0.4, 0.5) is 0 Å². The molecule has 0 atom stereocenters. The van der Waals surface area contributed by atoms with E-state index in [2.05, 4.69) is 10.3 Å². The number of carbonyl (C=O) groups excluding carboxylic acids is 1. The van der Waals surface area contributed by atoms with Gasteiger partial charge in [-0.15, -0.1) is 0 Å². The molecule has 0 saturated heterocycles. The number of rotatable bonds is 3. The van der Waals surface area contributed by atoms with E-state index >= 15 is 0 Å². The Bertz CT molecular complexity index is 346. The number of aromatic amines is 1. The molecule has 4 nitrogen and oxygen atoms in total. The van der Waals surface area contributed by atoms with E-state index in [4.69, 9.17) is 5.26 Å². The minimum absolute atomic E-state index is 0.160. The third-order valence-electron chi connectivity index (χ3n) is 2.17. The highest BCUT2D eigenvalue weighted by Gasteiger charge is 2.21. The molecule has 0 aromatic carbocycles. The van der Waals surface area contributed by atoms with Crippen LogP contribution in [0.3, 0.4) is 0 Å². The average Bonchev–Trinajstić information content (AvgIpc) is 2.67. The highest BCUT2D eigenvalue weighted by atomic mass is 16.1. The number of hydrogen-bond acceptors (Lipinski definition) is 2. The minimum Gasteiger partial charge on any atom is -0.367 e. The van der Waals surface area contributed by atoms with Gasteiger partial charge in [-0.3, -0.25) is 4.79 Å². The number of nitrogens with one attached hydrogen (secondary N) is 2. The van der Waals surface area contributed by atoms with Gasteiger partial charge < -0.3 is 10.3 Å². The first-order valence-corrected chi connectivity index (χ1v) is 4.37. The number of carbonyl (C=O) groups is 1. The largest absolute Gasteiger partial charge is 0.367 e. The predicted octanol–water partition coefficient (Wildman–Crippen LogP) is 0.932. The summed E-state index contributed by atoms with van der Waals surface area (Å²) >= 11 is 0. The lowest BCUT2D eigenvalue weighted by molar-refractivity contribution is -0.116. The van der Waals surface area contributed by atoms with E-state index in [1.807, 2.05) is 32.3 Å². The molecule has 1 rings (SSSR count). The molecule has 1 aromatic heterocycles. The first-order valence-electron chi connectivity index (χ1n) is 4.37. The molecular formula is C10H13N3O. The van der Waals surface area contributed by atoms with E-state index in [1.54, 1.807) is 0 Å². The lowest BCUT2D eigenvalue weighted by atomic mass is 9.86. The van der Waals surface area contributed by atoms with E-state index in [0.29, 0.717) is 6.54 Å². The van der Waals surface area contributed by atoms with Crippen LogP contribution in [-0.2, 0) is 10.2 Å². The summed E-state index contributed by atoms with van der Waals surface area (Å²) in [6.07, 6.45) is 3.72. The summed E-state index contributed by atoms with van der Waals surface area (Å²) in [4.78, 5) is 13.7. The molecule has 0 radical (unpaired) electrons. The molecule has 2 N–H and O–H groups in total. The molecule has 0 aliphatic heterocycles. The summed E-state index contributed by atoms with van der Waals surface area (Å²) in [5, 5.41) is 10.8. The molecule has 4 heteroatoms. The molecule has 14 heavy (non-hydrogen) atoms. The SMILES string of the molecule is CC(C)(CNC(=O)C#N)c1cc[nH]c1. The molecule has 1 amide bonds. The van der Waals surface area contributed by atoms with Crippen LogP contribution >= 0.6 is 0 Å². The van der Waals surface area contributed by atoms with Gasteiger partial charge in [0.05, 0.1) is 0 Å². The summed E-state index contributed by atoms with van der Waals surface area (Å²) in [5.74, 6) is -0.589. The molecule has 0 saturated carbocycles. The monoisotopic (exact) mass is 191 g/mol. The van der Waals surface area contributed by atoms with Crippen molar-refractivity contribution in [1.82, 2.24) is 10.3 Å². The second-order valence-electron chi connectivity index (χ2n) is 3.78. The van der Waals surface area contributed by atoms with Gasteiger partial charge in [0.1, 0.15) is 0 Å². The van der Waals surface area contributed by atoms with Gasteiger partial charge in [-0.2, -0.15) is 5.26 Å². The van der Waals surface area contributed by atoms with Gasteiger partial charge in [-0.1, -0.05) is 13.8 Å². The fraction of sp³-hybridized carbons (Fsp3) is 0.400. The Labute approximate surface area is 82.9 Å². The maximum Gasteiger partial charge on any atom is 0.322 e. The third kappa shape index (κ3) is 2.36. The van der Waals surface area contributed by atoms with E-state index in [9.17, 15) is 4.79 Å². The van der Waals surface area contributed by atoms with E-state index in [-0.39, 0.29) is 5.41 Å². The Hall–Kier alpha value is -1.76. The van der Waals surface area contributed by atoms with Gasteiger partial charge in [0.15, 0.2) is 6.07 Å². The molecule has 0 aliphatic carbocycles. The van der Waals surface area contributed by atoms with Crippen LogP contribution in [0.15, 0.2) is 18.5 Å². The number of nitrogens with zero attached hydrogens (tertiary/aromatic N) is 1. The van der Waals surface area contributed by atoms with Crippen molar-refractivity contribution >= 4 is 5.91 Å². The van der Waals surface area contributed by atoms with Crippen LogP contribution in [0.5, 0.6) is 0 Å². The van der Waals surface area contributed by atoms with Crippen molar-refractivity contribution in [3.05, 3.63) is 24.0 Å². The summed E-state index contributed by atoms with van der Waals surface area (Å²) in [6, 6.07) is 3.48. The van der Waals surface area contributed by atoms with Crippen LogP contribution < -0.4 is 5.32 Å². The van der Waals surface area contributed by atoms with Gasteiger partial charge in [-0.05, 0) is 11.6 Å². The lowest BCUT2D eigenvalue weighted by Crippen LogP contribution is -2.35. The normalized spacial score (nSPS) is 10.6. The predicted molar refractivity (Wildman–Crippen MR) is 52.4 cm³/mol. The maximum absolute atomic E-state index is 10.7. The molecular weight excluding hydrogens is 178 g/mol. The van der Waals surface area contributed by atoms with Crippen molar-refractivity contribution in [2.75, 3.05) is 6.54 Å². The molecule has 0 bridgehead atoms. The molecule has 0 spiro atoms. The second-order valence-corrected chi connectivity index (χ2v) is 3.78. The van der Waals surface area contributed by atoms with E-state index in [0.717, 1.165) is 5.56 Å². The molecule has 1 heterocycles. The first-order chi connectivity index (χ1) is 6.56. The fourth-order valence-electron chi connectivity index (χ4n) is 1.19. The summed E-state index contributed by atoms with van der Waals surface area (Å²) < 4.78 is 0. The lowest BCUT2D eigenvalue weighted by Gasteiger charge is -2.23. The summed E-state index contributed by atoms with van der Waals surface area (Å²) in [6.45, 7) is 4.47.